The second-order valence-electron chi connectivity index (χ2n) is 8.08. The first kappa shape index (κ1) is 21.1. The summed E-state index contributed by atoms with van der Waals surface area (Å²) in [5, 5.41) is 0. The van der Waals surface area contributed by atoms with Crippen molar-refractivity contribution in [2.24, 2.45) is 5.92 Å². The SMILES string of the molecule is CC(=O)CN1CCC(CCN2CCN(c3ccc(C(F)(F)F)cc3)CC2)CC1. The van der Waals surface area contributed by atoms with Gasteiger partial charge in [-0.15, -0.1) is 0 Å². The summed E-state index contributed by atoms with van der Waals surface area (Å²) >= 11 is 0. The molecule has 2 heterocycles. The molecule has 0 bridgehead atoms. The number of halogens is 3. The molecule has 2 saturated heterocycles. The third-order valence-corrected chi connectivity index (χ3v) is 5.94. The molecule has 0 amide bonds. The normalized spacial score (nSPS) is 20.5. The van der Waals surface area contributed by atoms with E-state index < -0.39 is 11.7 Å². The topological polar surface area (TPSA) is 26.8 Å². The molecule has 2 aliphatic rings. The van der Waals surface area contributed by atoms with Crippen LogP contribution in [0.3, 0.4) is 0 Å². The number of alkyl halides is 3. The van der Waals surface area contributed by atoms with Crippen LogP contribution in [0.1, 0.15) is 31.7 Å². The first-order valence-corrected chi connectivity index (χ1v) is 10.2. The summed E-state index contributed by atoms with van der Waals surface area (Å²) in [5.41, 5.74) is 0.273. The standard InChI is InChI=1S/C21H30F3N3O/c1-17(28)16-26-10-7-18(8-11-26)6-9-25-12-14-27(15-13-25)20-4-2-19(3-5-20)21(22,23)24/h2-5,18H,6-16H2,1H3. The highest BCUT2D eigenvalue weighted by Crippen LogP contribution is 2.30. The number of piperidine rings is 1. The summed E-state index contributed by atoms with van der Waals surface area (Å²) < 4.78 is 38.1. The molecule has 7 heteroatoms. The number of carbonyl (C=O) groups excluding carboxylic acids is 1. The number of anilines is 1. The van der Waals surface area contributed by atoms with Crippen LogP contribution in [0.5, 0.6) is 0 Å². The van der Waals surface area contributed by atoms with Crippen LogP contribution >= 0.6 is 0 Å². The average molecular weight is 397 g/mol. The molecule has 0 aliphatic carbocycles. The van der Waals surface area contributed by atoms with E-state index in [1.165, 1.54) is 31.4 Å². The van der Waals surface area contributed by atoms with Crippen molar-refractivity contribution in [3.63, 3.8) is 0 Å². The van der Waals surface area contributed by atoms with Gasteiger partial charge in [-0.2, -0.15) is 13.2 Å². The average Bonchev–Trinajstić information content (AvgIpc) is 2.67. The highest BCUT2D eigenvalue weighted by atomic mass is 19.4. The number of nitrogens with zero attached hydrogens (tertiary/aromatic N) is 3. The van der Waals surface area contributed by atoms with E-state index in [4.69, 9.17) is 0 Å². The lowest BCUT2D eigenvalue weighted by Gasteiger charge is -2.37. The Labute approximate surface area is 165 Å². The second kappa shape index (κ2) is 9.27. The summed E-state index contributed by atoms with van der Waals surface area (Å²) in [6.45, 7) is 8.95. The van der Waals surface area contributed by atoms with Gasteiger partial charge >= 0.3 is 6.18 Å². The molecule has 0 atom stereocenters. The van der Waals surface area contributed by atoms with Crippen LogP contribution in [0.4, 0.5) is 18.9 Å². The number of Topliss-reactive ketones (excluding diaryl/α,β-unsaturated/α-hetero) is 1. The Hall–Kier alpha value is -1.60. The molecule has 0 radical (unpaired) electrons. The lowest BCUT2D eigenvalue weighted by molar-refractivity contribution is -0.137. The fourth-order valence-corrected chi connectivity index (χ4v) is 4.20. The van der Waals surface area contributed by atoms with E-state index in [1.807, 2.05) is 0 Å². The quantitative estimate of drug-likeness (QED) is 0.734. The molecule has 156 valence electrons. The Balaban J connectivity index is 1.37. The Morgan fingerprint density at radius 2 is 1.57 bits per heavy atom. The minimum atomic E-state index is -4.28. The largest absolute Gasteiger partial charge is 0.416 e. The van der Waals surface area contributed by atoms with E-state index in [2.05, 4.69) is 14.7 Å². The summed E-state index contributed by atoms with van der Waals surface area (Å²) in [5.74, 6) is 0.973. The van der Waals surface area contributed by atoms with Gasteiger partial charge in [-0.25, -0.2) is 0 Å². The van der Waals surface area contributed by atoms with Crippen LogP contribution in [-0.2, 0) is 11.0 Å². The number of likely N-dealkylation sites (tertiary alicyclic amines) is 1. The lowest BCUT2D eigenvalue weighted by atomic mass is 9.93. The number of hydrogen-bond donors (Lipinski definition) is 0. The van der Waals surface area contributed by atoms with Crippen molar-refractivity contribution in [3.05, 3.63) is 29.8 Å². The molecule has 0 spiro atoms. The number of piperazine rings is 1. The van der Waals surface area contributed by atoms with Gasteiger partial charge in [-0.3, -0.25) is 14.6 Å². The van der Waals surface area contributed by atoms with E-state index in [1.54, 1.807) is 19.1 Å². The van der Waals surface area contributed by atoms with Crippen molar-refractivity contribution >= 4 is 11.5 Å². The van der Waals surface area contributed by atoms with Crippen molar-refractivity contribution in [3.8, 4) is 0 Å². The van der Waals surface area contributed by atoms with Gasteiger partial charge in [0.1, 0.15) is 5.78 Å². The third kappa shape index (κ3) is 5.95. The summed E-state index contributed by atoms with van der Waals surface area (Å²) in [7, 11) is 0. The monoisotopic (exact) mass is 397 g/mol. The zero-order valence-corrected chi connectivity index (χ0v) is 16.5. The number of hydrogen-bond acceptors (Lipinski definition) is 4. The fourth-order valence-electron chi connectivity index (χ4n) is 4.20. The minimum absolute atomic E-state index is 0.240. The molecule has 0 saturated carbocycles. The molecular formula is C21H30F3N3O. The van der Waals surface area contributed by atoms with Crippen LogP contribution in [-0.4, -0.2) is 67.9 Å². The van der Waals surface area contributed by atoms with Crippen LogP contribution in [0.15, 0.2) is 24.3 Å². The number of rotatable bonds is 6. The Kier molecular flexibility index (Phi) is 6.99. The van der Waals surface area contributed by atoms with Crippen molar-refractivity contribution in [2.45, 2.75) is 32.4 Å². The predicted molar refractivity (Wildman–Crippen MR) is 105 cm³/mol. The molecule has 3 rings (SSSR count). The first-order valence-electron chi connectivity index (χ1n) is 10.2. The van der Waals surface area contributed by atoms with E-state index in [-0.39, 0.29) is 5.78 Å². The molecule has 4 nitrogen and oxygen atoms in total. The highest BCUT2D eigenvalue weighted by molar-refractivity contribution is 5.77. The van der Waals surface area contributed by atoms with E-state index in [0.29, 0.717) is 6.54 Å². The Morgan fingerprint density at radius 3 is 2.11 bits per heavy atom. The molecule has 1 aromatic carbocycles. The van der Waals surface area contributed by atoms with E-state index in [0.717, 1.165) is 57.4 Å². The van der Waals surface area contributed by atoms with Crippen LogP contribution < -0.4 is 4.90 Å². The maximum Gasteiger partial charge on any atom is 0.416 e. The van der Waals surface area contributed by atoms with Gasteiger partial charge in [0.15, 0.2) is 0 Å². The van der Waals surface area contributed by atoms with Gasteiger partial charge in [-0.1, -0.05) is 0 Å². The van der Waals surface area contributed by atoms with Crippen molar-refractivity contribution in [1.82, 2.24) is 9.80 Å². The number of carbonyl (C=O) groups is 1. The molecular weight excluding hydrogens is 367 g/mol. The van der Waals surface area contributed by atoms with Crippen molar-refractivity contribution in [2.75, 3.05) is 57.3 Å². The number of benzene rings is 1. The molecule has 0 aromatic heterocycles. The molecule has 28 heavy (non-hydrogen) atoms. The predicted octanol–water partition coefficient (Wildman–Crippen LogP) is 3.52. The molecule has 0 N–H and O–H groups in total. The molecule has 0 unspecified atom stereocenters. The van der Waals surface area contributed by atoms with Gasteiger partial charge < -0.3 is 4.90 Å². The Bertz CT molecular complexity index is 631. The molecule has 1 aromatic rings. The first-order chi connectivity index (χ1) is 13.3. The van der Waals surface area contributed by atoms with Gasteiger partial charge in [0.25, 0.3) is 0 Å². The van der Waals surface area contributed by atoms with Gasteiger partial charge in [0, 0.05) is 31.9 Å². The van der Waals surface area contributed by atoms with Crippen LogP contribution in [0.2, 0.25) is 0 Å². The zero-order valence-electron chi connectivity index (χ0n) is 16.5. The van der Waals surface area contributed by atoms with Gasteiger partial charge in [-0.05, 0) is 76.0 Å². The molecule has 2 aliphatic heterocycles. The van der Waals surface area contributed by atoms with Crippen molar-refractivity contribution < 1.29 is 18.0 Å². The maximum absolute atomic E-state index is 12.7. The van der Waals surface area contributed by atoms with Crippen LogP contribution in [0.25, 0.3) is 0 Å². The van der Waals surface area contributed by atoms with Crippen LogP contribution in [0, 0.1) is 5.92 Å². The van der Waals surface area contributed by atoms with Gasteiger partial charge in [0.2, 0.25) is 0 Å². The fraction of sp³-hybridized carbons (Fsp3) is 0.667. The zero-order chi connectivity index (χ0) is 20.1. The maximum atomic E-state index is 12.7. The van der Waals surface area contributed by atoms with E-state index in [9.17, 15) is 18.0 Å². The van der Waals surface area contributed by atoms with Crippen molar-refractivity contribution in [1.29, 1.82) is 0 Å². The van der Waals surface area contributed by atoms with Gasteiger partial charge in [0.05, 0.1) is 12.1 Å². The second-order valence-corrected chi connectivity index (χ2v) is 8.08. The summed E-state index contributed by atoms with van der Waals surface area (Å²) in [6.07, 6.45) is -0.759. The summed E-state index contributed by atoms with van der Waals surface area (Å²) in [4.78, 5) is 18.1. The molecule has 2 fully saturated rings. The third-order valence-electron chi connectivity index (χ3n) is 5.94. The highest BCUT2D eigenvalue weighted by Gasteiger charge is 2.30. The Morgan fingerprint density at radius 1 is 0.964 bits per heavy atom. The lowest BCUT2D eigenvalue weighted by Crippen LogP contribution is -2.47. The minimum Gasteiger partial charge on any atom is -0.369 e. The van der Waals surface area contributed by atoms with E-state index >= 15 is 0 Å². The summed E-state index contributed by atoms with van der Waals surface area (Å²) in [6, 6.07) is 5.49. The smallest absolute Gasteiger partial charge is 0.369 e. The number of ketones is 1.